The van der Waals surface area contributed by atoms with Gasteiger partial charge in [-0.2, -0.15) is 0 Å². The summed E-state index contributed by atoms with van der Waals surface area (Å²) in [6.07, 6.45) is 1.15. The van der Waals surface area contributed by atoms with Gasteiger partial charge in [-0.1, -0.05) is 11.6 Å². The Morgan fingerprint density at radius 3 is 2.56 bits per heavy atom. The van der Waals surface area contributed by atoms with Gasteiger partial charge in [-0.15, -0.1) is 0 Å². The molecule has 0 saturated carbocycles. The van der Waals surface area contributed by atoms with E-state index in [2.05, 4.69) is 10.2 Å². The first-order valence-corrected chi connectivity index (χ1v) is 9.91. The summed E-state index contributed by atoms with van der Waals surface area (Å²) in [7, 11) is 0. The average molecular weight is 396 g/mol. The molecule has 0 aliphatic carbocycles. The lowest BCUT2D eigenvalue weighted by atomic mass is 10.2. The maximum atomic E-state index is 12.3. The Morgan fingerprint density at radius 1 is 1.22 bits per heavy atom. The lowest BCUT2D eigenvalue weighted by molar-refractivity contribution is -0.133. The van der Waals surface area contributed by atoms with Gasteiger partial charge in [0.25, 0.3) is 0 Å². The van der Waals surface area contributed by atoms with Gasteiger partial charge in [-0.25, -0.2) is 0 Å². The number of amides is 2. The van der Waals surface area contributed by atoms with E-state index in [9.17, 15) is 9.59 Å². The first-order chi connectivity index (χ1) is 12.8. The molecule has 1 aromatic carbocycles. The van der Waals surface area contributed by atoms with Gasteiger partial charge >= 0.3 is 0 Å². The molecular weight excluding hydrogens is 366 g/mol. The van der Waals surface area contributed by atoms with Gasteiger partial charge in [0.05, 0.1) is 13.2 Å². The van der Waals surface area contributed by atoms with Crippen LogP contribution in [0.4, 0.5) is 0 Å². The van der Waals surface area contributed by atoms with Crippen molar-refractivity contribution in [3.8, 4) is 5.75 Å². The fourth-order valence-corrected chi connectivity index (χ4v) is 3.12. The van der Waals surface area contributed by atoms with Crippen LogP contribution in [-0.2, 0) is 9.59 Å². The Balaban J connectivity index is 1.63. The van der Waals surface area contributed by atoms with E-state index in [4.69, 9.17) is 16.3 Å². The second-order valence-corrected chi connectivity index (χ2v) is 7.65. The van der Waals surface area contributed by atoms with Crippen LogP contribution in [0, 0.1) is 6.92 Å². The molecule has 6 nitrogen and oxygen atoms in total. The van der Waals surface area contributed by atoms with Crippen molar-refractivity contribution >= 4 is 23.4 Å². The highest BCUT2D eigenvalue weighted by Gasteiger charge is 2.22. The maximum Gasteiger partial charge on any atom is 0.234 e. The molecule has 1 N–H and O–H groups in total. The van der Waals surface area contributed by atoms with Crippen LogP contribution in [-0.4, -0.2) is 67.0 Å². The smallest absolute Gasteiger partial charge is 0.234 e. The van der Waals surface area contributed by atoms with E-state index in [1.165, 1.54) is 0 Å². The fraction of sp³-hybridized carbons (Fsp3) is 0.600. The summed E-state index contributed by atoms with van der Waals surface area (Å²) in [6, 6.07) is 5.71. The van der Waals surface area contributed by atoms with E-state index in [0.29, 0.717) is 39.1 Å². The summed E-state index contributed by atoms with van der Waals surface area (Å²) >= 11 is 6.00. The van der Waals surface area contributed by atoms with E-state index in [0.717, 1.165) is 29.4 Å². The highest BCUT2D eigenvalue weighted by molar-refractivity contribution is 6.31. The second kappa shape index (κ2) is 10.5. The molecule has 0 bridgehead atoms. The third-order valence-electron chi connectivity index (χ3n) is 4.47. The highest BCUT2D eigenvalue weighted by Crippen LogP contribution is 2.21. The first-order valence-electron chi connectivity index (χ1n) is 9.53. The monoisotopic (exact) mass is 395 g/mol. The van der Waals surface area contributed by atoms with Crippen molar-refractivity contribution in [2.45, 2.75) is 39.7 Å². The Labute approximate surface area is 166 Å². The van der Waals surface area contributed by atoms with Crippen molar-refractivity contribution < 1.29 is 14.3 Å². The van der Waals surface area contributed by atoms with Crippen LogP contribution >= 0.6 is 11.6 Å². The number of ether oxygens (including phenoxy) is 1. The largest absolute Gasteiger partial charge is 0.494 e. The lowest BCUT2D eigenvalue weighted by Gasteiger charge is -2.34. The molecule has 0 atom stereocenters. The third kappa shape index (κ3) is 7.39. The number of hydrogen-bond acceptors (Lipinski definition) is 4. The number of piperazine rings is 1. The lowest BCUT2D eigenvalue weighted by Crippen LogP contribution is -2.51. The van der Waals surface area contributed by atoms with Gasteiger partial charge in [0.1, 0.15) is 5.75 Å². The number of benzene rings is 1. The van der Waals surface area contributed by atoms with Crippen LogP contribution in [0.2, 0.25) is 5.02 Å². The molecule has 2 amide bonds. The molecule has 2 rings (SSSR count). The van der Waals surface area contributed by atoms with Crippen molar-refractivity contribution in [2.75, 3.05) is 39.3 Å². The normalized spacial score (nSPS) is 15.1. The predicted molar refractivity (Wildman–Crippen MR) is 107 cm³/mol. The van der Waals surface area contributed by atoms with Crippen molar-refractivity contribution in [3.63, 3.8) is 0 Å². The minimum atomic E-state index is 0.0411. The third-order valence-corrected chi connectivity index (χ3v) is 4.90. The molecular formula is C20H30ClN3O3. The summed E-state index contributed by atoms with van der Waals surface area (Å²) < 4.78 is 5.69. The summed E-state index contributed by atoms with van der Waals surface area (Å²) in [5.74, 6) is 0.967. The zero-order chi connectivity index (χ0) is 19.8. The quantitative estimate of drug-likeness (QED) is 0.687. The summed E-state index contributed by atoms with van der Waals surface area (Å²) in [4.78, 5) is 28.1. The van der Waals surface area contributed by atoms with Gasteiger partial charge in [0.2, 0.25) is 11.8 Å². The Kier molecular flexibility index (Phi) is 8.38. The van der Waals surface area contributed by atoms with Crippen LogP contribution in [0.3, 0.4) is 0 Å². The van der Waals surface area contributed by atoms with Crippen molar-refractivity contribution in [1.82, 2.24) is 15.1 Å². The number of carbonyl (C=O) groups excluding carboxylic acids is 2. The fourth-order valence-electron chi connectivity index (χ4n) is 3.00. The molecule has 1 aliphatic heterocycles. The van der Waals surface area contributed by atoms with E-state index in [1.807, 2.05) is 43.9 Å². The van der Waals surface area contributed by atoms with E-state index in [1.54, 1.807) is 0 Å². The summed E-state index contributed by atoms with van der Waals surface area (Å²) in [6.45, 7) is 9.55. The van der Waals surface area contributed by atoms with Gasteiger partial charge in [-0.05, 0) is 51.0 Å². The van der Waals surface area contributed by atoms with Crippen LogP contribution in [0.1, 0.15) is 32.3 Å². The minimum absolute atomic E-state index is 0.0411. The van der Waals surface area contributed by atoms with Crippen LogP contribution in [0.25, 0.3) is 0 Å². The number of carbonyl (C=O) groups is 2. The van der Waals surface area contributed by atoms with E-state index >= 15 is 0 Å². The Morgan fingerprint density at radius 2 is 1.93 bits per heavy atom. The topological polar surface area (TPSA) is 61.9 Å². The van der Waals surface area contributed by atoms with Gasteiger partial charge in [-0.3, -0.25) is 14.5 Å². The standard InChI is InChI=1S/C20H30ClN3O3/c1-15(2)22-19(25)14-23-8-10-24(11-9-23)20(26)5-4-12-27-17-6-7-18(21)16(3)13-17/h6-7,13,15H,4-5,8-12,14H2,1-3H3,(H,22,25). The van der Waals surface area contributed by atoms with Crippen molar-refractivity contribution in [2.24, 2.45) is 0 Å². The Bertz CT molecular complexity index is 643. The summed E-state index contributed by atoms with van der Waals surface area (Å²) in [5, 5.41) is 3.62. The molecule has 0 radical (unpaired) electrons. The van der Waals surface area contributed by atoms with Crippen LogP contribution in [0.15, 0.2) is 18.2 Å². The molecule has 1 heterocycles. The molecule has 1 saturated heterocycles. The van der Waals surface area contributed by atoms with Crippen LogP contribution < -0.4 is 10.1 Å². The minimum Gasteiger partial charge on any atom is -0.494 e. The zero-order valence-electron chi connectivity index (χ0n) is 16.5. The van der Waals surface area contributed by atoms with Crippen molar-refractivity contribution in [3.05, 3.63) is 28.8 Å². The van der Waals surface area contributed by atoms with Gasteiger partial charge < -0.3 is 15.0 Å². The number of halogens is 1. The maximum absolute atomic E-state index is 12.3. The summed E-state index contributed by atoms with van der Waals surface area (Å²) in [5.41, 5.74) is 0.977. The van der Waals surface area contributed by atoms with E-state index < -0.39 is 0 Å². The molecule has 0 spiro atoms. The molecule has 1 fully saturated rings. The number of nitrogens with zero attached hydrogens (tertiary/aromatic N) is 2. The SMILES string of the molecule is Cc1cc(OCCCC(=O)N2CCN(CC(=O)NC(C)C)CC2)ccc1Cl. The van der Waals surface area contributed by atoms with E-state index in [-0.39, 0.29) is 17.9 Å². The molecule has 0 aromatic heterocycles. The zero-order valence-corrected chi connectivity index (χ0v) is 17.2. The molecule has 1 aromatic rings. The first kappa shape index (κ1) is 21.5. The van der Waals surface area contributed by atoms with Crippen LogP contribution in [0.5, 0.6) is 5.75 Å². The van der Waals surface area contributed by atoms with Gasteiger partial charge in [0.15, 0.2) is 0 Å². The number of hydrogen-bond donors (Lipinski definition) is 1. The number of nitrogens with one attached hydrogen (secondary N) is 1. The number of rotatable bonds is 8. The predicted octanol–water partition coefficient (Wildman–Crippen LogP) is 2.48. The molecule has 150 valence electrons. The molecule has 1 aliphatic rings. The molecule has 27 heavy (non-hydrogen) atoms. The molecule has 7 heteroatoms. The average Bonchev–Trinajstić information content (AvgIpc) is 2.61. The highest BCUT2D eigenvalue weighted by atomic mass is 35.5. The second-order valence-electron chi connectivity index (χ2n) is 7.24. The molecule has 0 unspecified atom stereocenters. The van der Waals surface area contributed by atoms with Gasteiger partial charge in [0, 0.05) is 43.7 Å². The number of aryl methyl sites for hydroxylation is 1. The van der Waals surface area contributed by atoms with Crippen molar-refractivity contribution in [1.29, 1.82) is 0 Å². The Hall–Kier alpha value is -1.79.